The average Bonchev–Trinajstić information content (AvgIpc) is 3.25. The summed E-state index contributed by atoms with van der Waals surface area (Å²) in [6, 6.07) is 3.56. The average molecular weight is 403 g/mol. The molecule has 6 nitrogen and oxygen atoms in total. The van der Waals surface area contributed by atoms with Crippen molar-refractivity contribution in [2.24, 2.45) is 0 Å². The fourth-order valence-corrected chi connectivity index (χ4v) is 4.44. The van der Waals surface area contributed by atoms with Crippen molar-refractivity contribution in [2.45, 2.75) is 50.9 Å². The van der Waals surface area contributed by atoms with Gasteiger partial charge in [0.1, 0.15) is 10.8 Å². The van der Waals surface area contributed by atoms with Crippen LogP contribution in [0.2, 0.25) is 0 Å². The van der Waals surface area contributed by atoms with Crippen LogP contribution in [0.1, 0.15) is 57.8 Å². The second-order valence-corrected chi connectivity index (χ2v) is 8.32. The fraction of sp³-hybridized carbons (Fsp3) is 0.368. The van der Waals surface area contributed by atoms with Crippen LogP contribution in [0.25, 0.3) is 0 Å². The van der Waals surface area contributed by atoms with Crippen LogP contribution in [0.4, 0.5) is 0 Å². The van der Waals surface area contributed by atoms with Crippen LogP contribution >= 0.6 is 23.1 Å². The summed E-state index contributed by atoms with van der Waals surface area (Å²) in [6.07, 6.45) is 1.70. The summed E-state index contributed by atoms with van der Waals surface area (Å²) in [5.41, 5.74) is 3.35. The Morgan fingerprint density at radius 3 is 2.85 bits per heavy atom. The molecule has 0 bridgehead atoms. The van der Waals surface area contributed by atoms with Gasteiger partial charge in [0.15, 0.2) is 0 Å². The molecule has 1 N–H and O–H groups in total. The van der Waals surface area contributed by atoms with Gasteiger partial charge in [0.25, 0.3) is 5.91 Å². The largest absolute Gasteiger partial charge is 0.361 e. The van der Waals surface area contributed by atoms with Crippen molar-refractivity contribution in [3.63, 3.8) is 0 Å². The highest BCUT2D eigenvalue weighted by atomic mass is 32.2. The molecule has 8 heteroatoms. The summed E-state index contributed by atoms with van der Waals surface area (Å²) in [7, 11) is 0. The Hall–Kier alpha value is -2.19. The van der Waals surface area contributed by atoms with E-state index in [-0.39, 0.29) is 5.91 Å². The number of thiazole rings is 1. The highest BCUT2D eigenvalue weighted by Crippen LogP contribution is 2.27. The molecule has 0 spiro atoms. The number of amides is 1. The zero-order valence-corrected chi connectivity index (χ0v) is 17.4. The molecule has 142 valence electrons. The van der Waals surface area contributed by atoms with Crippen molar-refractivity contribution in [3.8, 4) is 0 Å². The smallest absolute Gasteiger partial charge is 0.254 e. The minimum atomic E-state index is -0.150. The number of rotatable bonds is 7. The molecule has 3 heterocycles. The molecule has 0 aromatic carbocycles. The molecule has 0 saturated carbocycles. The summed E-state index contributed by atoms with van der Waals surface area (Å²) in [4.78, 5) is 21.6. The van der Waals surface area contributed by atoms with Crippen molar-refractivity contribution >= 4 is 29.0 Å². The number of carbonyl (C=O) groups is 1. The Balaban J connectivity index is 1.66. The van der Waals surface area contributed by atoms with Crippen LogP contribution < -0.4 is 5.32 Å². The first-order valence-electron chi connectivity index (χ1n) is 8.67. The zero-order valence-electron chi connectivity index (χ0n) is 15.8. The van der Waals surface area contributed by atoms with Gasteiger partial charge < -0.3 is 9.84 Å². The summed E-state index contributed by atoms with van der Waals surface area (Å²) < 4.78 is 5.20. The van der Waals surface area contributed by atoms with Crippen molar-refractivity contribution in [2.75, 3.05) is 0 Å². The molecule has 3 aromatic rings. The number of pyridine rings is 1. The summed E-state index contributed by atoms with van der Waals surface area (Å²) >= 11 is 3.13. The standard InChI is InChI=1S/C19H22N4O2S2/c1-11(2)18-22-14(9-26-18)8-21-17(24)15-6-5-7-20-19(15)27-10-16-12(3)23-25-13(16)4/h5-7,9,11H,8,10H2,1-4H3,(H,21,24). The summed E-state index contributed by atoms with van der Waals surface area (Å²) in [5, 5.41) is 10.7. The SMILES string of the molecule is Cc1noc(C)c1CSc1ncccc1C(=O)NCc1csc(C(C)C)n1. The number of nitrogens with zero attached hydrogens (tertiary/aromatic N) is 3. The lowest BCUT2D eigenvalue weighted by atomic mass is 10.2. The molecule has 0 aliphatic rings. The monoisotopic (exact) mass is 402 g/mol. The first kappa shape index (κ1) is 19.6. The van der Waals surface area contributed by atoms with Crippen molar-refractivity contribution in [1.29, 1.82) is 0 Å². The Labute approximate surface area is 166 Å². The van der Waals surface area contributed by atoms with Crippen LogP contribution in [-0.2, 0) is 12.3 Å². The topological polar surface area (TPSA) is 80.9 Å². The molecule has 1 amide bonds. The predicted molar refractivity (Wildman–Crippen MR) is 107 cm³/mol. The Morgan fingerprint density at radius 2 is 2.19 bits per heavy atom. The van der Waals surface area contributed by atoms with E-state index in [0.29, 0.717) is 28.8 Å². The molecule has 0 saturated heterocycles. The minimum Gasteiger partial charge on any atom is -0.361 e. The first-order chi connectivity index (χ1) is 13.0. The quantitative estimate of drug-likeness (QED) is 0.587. The van der Waals surface area contributed by atoms with Crippen LogP contribution in [0.15, 0.2) is 33.3 Å². The number of carbonyl (C=O) groups excluding carboxylic acids is 1. The lowest BCUT2D eigenvalue weighted by Gasteiger charge is -2.08. The highest BCUT2D eigenvalue weighted by molar-refractivity contribution is 7.98. The maximum absolute atomic E-state index is 12.7. The van der Waals surface area contributed by atoms with E-state index in [1.165, 1.54) is 11.8 Å². The number of thioether (sulfide) groups is 1. The normalized spacial score (nSPS) is 11.1. The van der Waals surface area contributed by atoms with Crippen molar-refractivity contribution < 1.29 is 9.32 Å². The van der Waals surface area contributed by atoms with Gasteiger partial charge in [0.2, 0.25) is 0 Å². The van der Waals surface area contributed by atoms with E-state index < -0.39 is 0 Å². The molecular weight excluding hydrogens is 380 g/mol. The number of hydrogen-bond donors (Lipinski definition) is 1. The molecule has 27 heavy (non-hydrogen) atoms. The molecule has 0 fully saturated rings. The lowest BCUT2D eigenvalue weighted by Crippen LogP contribution is -2.23. The zero-order chi connectivity index (χ0) is 19.4. The number of aromatic nitrogens is 3. The second kappa shape index (κ2) is 8.67. The minimum absolute atomic E-state index is 0.150. The van der Waals surface area contributed by atoms with Gasteiger partial charge in [-0.05, 0) is 26.0 Å². The van der Waals surface area contributed by atoms with Gasteiger partial charge in [0, 0.05) is 28.8 Å². The van der Waals surface area contributed by atoms with Gasteiger partial charge in [-0.25, -0.2) is 9.97 Å². The molecule has 0 unspecified atom stereocenters. The lowest BCUT2D eigenvalue weighted by molar-refractivity contribution is 0.0947. The van der Waals surface area contributed by atoms with E-state index in [2.05, 4.69) is 34.3 Å². The molecule has 0 aliphatic carbocycles. The van der Waals surface area contributed by atoms with Crippen LogP contribution in [0.3, 0.4) is 0 Å². The summed E-state index contributed by atoms with van der Waals surface area (Å²) in [5.74, 6) is 1.70. The van der Waals surface area contributed by atoms with Gasteiger partial charge >= 0.3 is 0 Å². The predicted octanol–water partition coefficient (Wildman–Crippen LogP) is 4.49. The van der Waals surface area contributed by atoms with Crippen molar-refractivity contribution in [1.82, 2.24) is 20.4 Å². The van der Waals surface area contributed by atoms with Gasteiger partial charge in [0.05, 0.1) is 28.5 Å². The Bertz CT molecular complexity index is 914. The third-order valence-electron chi connectivity index (χ3n) is 4.04. The van der Waals surface area contributed by atoms with Crippen LogP contribution in [-0.4, -0.2) is 21.0 Å². The number of hydrogen-bond acceptors (Lipinski definition) is 7. The number of aryl methyl sites for hydroxylation is 2. The molecule has 3 aromatic heterocycles. The Kier molecular flexibility index (Phi) is 6.28. The third-order valence-corrected chi connectivity index (χ3v) is 6.27. The maximum atomic E-state index is 12.7. The van der Waals surface area contributed by atoms with Crippen LogP contribution in [0, 0.1) is 13.8 Å². The molecule has 3 rings (SSSR count). The van der Waals surface area contributed by atoms with E-state index in [9.17, 15) is 4.79 Å². The van der Waals surface area contributed by atoms with Crippen LogP contribution in [0.5, 0.6) is 0 Å². The fourth-order valence-electron chi connectivity index (χ4n) is 2.46. The second-order valence-electron chi connectivity index (χ2n) is 6.46. The Morgan fingerprint density at radius 1 is 1.37 bits per heavy atom. The first-order valence-corrected chi connectivity index (χ1v) is 10.5. The molecule has 0 atom stereocenters. The van der Waals surface area contributed by atoms with Gasteiger partial charge in [-0.3, -0.25) is 4.79 Å². The number of nitrogens with one attached hydrogen (secondary N) is 1. The van der Waals surface area contributed by atoms with E-state index in [0.717, 1.165) is 27.7 Å². The van der Waals surface area contributed by atoms with E-state index >= 15 is 0 Å². The van der Waals surface area contributed by atoms with Gasteiger partial charge in [-0.1, -0.05) is 19.0 Å². The molecular formula is C19H22N4O2S2. The van der Waals surface area contributed by atoms with E-state index in [1.807, 2.05) is 19.2 Å². The molecule has 0 radical (unpaired) electrons. The van der Waals surface area contributed by atoms with E-state index in [4.69, 9.17) is 4.52 Å². The molecule has 0 aliphatic heterocycles. The summed E-state index contributed by atoms with van der Waals surface area (Å²) in [6.45, 7) is 8.43. The maximum Gasteiger partial charge on any atom is 0.254 e. The third kappa shape index (κ3) is 4.75. The van der Waals surface area contributed by atoms with Gasteiger partial charge in [-0.15, -0.1) is 23.1 Å². The highest BCUT2D eigenvalue weighted by Gasteiger charge is 2.16. The van der Waals surface area contributed by atoms with Crippen molar-refractivity contribution in [3.05, 3.63) is 57.0 Å². The van der Waals surface area contributed by atoms with Gasteiger partial charge in [-0.2, -0.15) is 0 Å². The van der Waals surface area contributed by atoms with E-state index in [1.54, 1.807) is 29.7 Å².